The number of benzene rings is 2. The van der Waals surface area contributed by atoms with Gasteiger partial charge in [0.05, 0.1) is 30.8 Å². The topological polar surface area (TPSA) is 96.4 Å². The maximum absolute atomic E-state index is 14.8. The van der Waals surface area contributed by atoms with Crippen LogP contribution < -0.4 is 4.90 Å². The van der Waals surface area contributed by atoms with Crippen LogP contribution in [0.5, 0.6) is 0 Å². The van der Waals surface area contributed by atoms with Crippen LogP contribution in [0.4, 0.5) is 5.69 Å². The molecule has 3 heterocycles. The lowest BCUT2D eigenvalue weighted by Crippen LogP contribution is -2.59. The molecule has 3 aliphatic rings. The molecule has 2 aromatic rings. The van der Waals surface area contributed by atoms with Crippen molar-refractivity contribution >= 4 is 34.2 Å². The van der Waals surface area contributed by atoms with Crippen molar-refractivity contribution < 1.29 is 29.0 Å². The number of aliphatic hydroxyl groups is 1. The molecule has 8 heteroatoms. The van der Waals surface area contributed by atoms with E-state index in [1.54, 1.807) is 11.0 Å². The van der Waals surface area contributed by atoms with E-state index in [9.17, 15) is 19.5 Å². The van der Waals surface area contributed by atoms with Crippen molar-refractivity contribution in [1.29, 1.82) is 0 Å². The summed E-state index contributed by atoms with van der Waals surface area (Å²) in [5.41, 5.74) is -1.51. The quantitative estimate of drug-likeness (QED) is 0.200. The van der Waals surface area contributed by atoms with Gasteiger partial charge in [-0.15, -0.1) is 13.2 Å². The minimum atomic E-state index is -1.23. The van der Waals surface area contributed by atoms with Crippen molar-refractivity contribution in [2.45, 2.75) is 76.2 Å². The lowest BCUT2D eigenvalue weighted by molar-refractivity contribution is -0.162. The summed E-state index contributed by atoms with van der Waals surface area (Å²) in [6.07, 6.45) is 6.76. The average molecular weight is 589 g/mol. The Kier molecular flexibility index (Phi) is 8.82. The molecule has 0 aromatic heterocycles. The largest absolute Gasteiger partial charge is 0.465 e. The zero-order chi connectivity index (χ0) is 30.9. The molecule has 1 spiro atoms. The molecule has 3 aliphatic heterocycles. The molecule has 0 radical (unpaired) electrons. The molecule has 43 heavy (non-hydrogen) atoms. The lowest BCUT2D eigenvalue weighted by Gasteiger charge is -2.39. The first kappa shape index (κ1) is 31.0. The van der Waals surface area contributed by atoms with E-state index in [-0.39, 0.29) is 37.5 Å². The van der Waals surface area contributed by atoms with Crippen LogP contribution in [-0.2, 0) is 23.9 Å². The number of allylic oxidation sites excluding steroid dienone is 1. The van der Waals surface area contributed by atoms with Crippen LogP contribution in [-0.4, -0.2) is 70.8 Å². The molecule has 8 nitrogen and oxygen atoms in total. The summed E-state index contributed by atoms with van der Waals surface area (Å²) in [5, 5.41) is 12.4. The number of hydrogen-bond acceptors (Lipinski definition) is 6. The number of nitrogens with zero attached hydrogens (tertiary/aromatic N) is 2. The number of aliphatic hydroxyl groups excluding tert-OH is 1. The Balaban J connectivity index is 1.56. The second-order valence-corrected chi connectivity index (χ2v) is 12.4. The van der Waals surface area contributed by atoms with Crippen LogP contribution in [0.1, 0.15) is 52.9 Å². The molecule has 2 aromatic carbocycles. The summed E-state index contributed by atoms with van der Waals surface area (Å²) in [5.74, 6) is -2.95. The van der Waals surface area contributed by atoms with Crippen LogP contribution in [0.2, 0.25) is 0 Å². The Hall–Kier alpha value is -3.49. The molecule has 0 saturated carbocycles. The first-order valence-electron chi connectivity index (χ1n) is 15.5. The molecular formula is C35H44N2O6. The van der Waals surface area contributed by atoms with E-state index in [0.29, 0.717) is 24.9 Å². The Bertz CT molecular complexity index is 1400. The molecule has 3 unspecified atom stereocenters. The first-order chi connectivity index (χ1) is 20.7. The molecule has 1 N–H and O–H groups in total. The monoisotopic (exact) mass is 588 g/mol. The van der Waals surface area contributed by atoms with E-state index in [2.05, 4.69) is 13.2 Å². The van der Waals surface area contributed by atoms with Gasteiger partial charge in [0.15, 0.2) is 0 Å². The smallest absolute Gasteiger partial charge is 0.312 e. The van der Waals surface area contributed by atoms with Gasteiger partial charge in [0, 0.05) is 12.2 Å². The average Bonchev–Trinajstić information content (AvgIpc) is 3.52. The van der Waals surface area contributed by atoms with Crippen LogP contribution in [0.15, 0.2) is 67.8 Å². The SMILES string of the molecule is C=CCCCCOC(=O)[C@@H]1[C@H]2C(=O)N([C@@H](CC)CO)C(C(=O)N(CC=C)c3ccc4ccccc4c3)C23CC(C)[C@@]1(C)O3. The van der Waals surface area contributed by atoms with Gasteiger partial charge >= 0.3 is 5.97 Å². The molecule has 0 aliphatic carbocycles. The van der Waals surface area contributed by atoms with Crippen molar-refractivity contribution in [2.75, 3.05) is 24.7 Å². The van der Waals surface area contributed by atoms with Gasteiger partial charge in [-0.3, -0.25) is 14.4 Å². The zero-order valence-corrected chi connectivity index (χ0v) is 25.5. The van der Waals surface area contributed by atoms with Gasteiger partial charge in [0.25, 0.3) is 5.91 Å². The number of carbonyl (C=O) groups is 3. The van der Waals surface area contributed by atoms with Crippen molar-refractivity contribution in [2.24, 2.45) is 17.8 Å². The van der Waals surface area contributed by atoms with E-state index in [1.807, 2.05) is 69.3 Å². The van der Waals surface area contributed by atoms with Crippen LogP contribution >= 0.6 is 0 Å². The van der Waals surface area contributed by atoms with Crippen LogP contribution in [0.3, 0.4) is 0 Å². The minimum absolute atomic E-state index is 0.104. The van der Waals surface area contributed by atoms with Gasteiger partial charge in [-0.05, 0) is 67.9 Å². The lowest BCUT2D eigenvalue weighted by atomic mass is 9.62. The number of hydrogen-bond donors (Lipinski definition) is 1. The number of amides is 2. The fourth-order valence-corrected chi connectivity index (χ4v) is 7.72. The molecule has 2 bridgehead atoms. The summed E-state index contributed by atoms with van der Waals surface area (Å²) in [6, 6.07) is 12.1. The standard InChI is InChI=1S/C35H44N2O6/c1-6-9-10-13-19-42-33(41)29-28-31(39)37(26(8-3)22-38)30(35(28)21-23(4)34(29,5)43-35)32(40)36(18-7-2)27-17-16-24-14-11-12-15-25(24)20-27/h6-7,11-12,14-17,20,23,26,28-30,38H,1-2,8-10,13,18-19,21-22H2,3-5H3/t23?,26-,28-,29-,30?,34+,35?/m0/s1. The Labute approximate surface area is 254 Å². The normalized spacial score (nSPS) is 29.9. The molecular weight excluding hydrogens is 544 g/mol. The molecule has 3 saturated heterocycles. The van der Waals surface area contributed by atoms with Crippen molar-refractivity contribution in [3.8, 4) is 0 Å². The fourth-order valence-electron chi connectivity index (χ4n) is 7.72. The third-order valence-electron chi connectivity index (χ3n) is 9.99. The second kappa shape index (κ2) is 12.2. The number of rotatable bonds is 13. The summed E-state index contributed by atoms with van der Waals surface area (Å²) >= 11 is 0. The molecule has 230 valence electrons. The highest BCUT2D eigenvalue weighted by molar-refractivity contribution is 6.05. The summed E-state index contributed by atoms with van der Waals surface area (Å²) in [6.45, 7) is 13.6. The molecule has 2 amide bonds. The molecule has 3 fully saturated rings. The van der Waals surface area contributed by atoms with Gasteiger partial charge in [0.2, 0.25) is 5.91 Å². The predicted octanol–water partition coefficient (Wildman–Crippen LogP) is 5.04. The summed E-state index contributed by atoms with van der Waals surface area (Å²) in [4.78, 5) is 46.2. The third-order valence-corrected chi connectivity index (χ3v) is 9.99. The van der Waals surface area contributed by atoms with E-state index in [0.717, 1.165) is 23.6 Å². The van der Waals surface area contributed by atoms with E-state index in [1.165, 1.54) is 4.90 Å². The van der Waals surface area contributed by atoms with Crippen LogP contribution in [0.25, 0.3) is 10.8 Å². The number of ether oxygens (including phenoxy) is 2. The van der Waals surface area contributed by atoms with Gasteiger partial charge in [-0.25, -0.2) is 0 Å². The van der Waals surface area contributed by atoms with Crippen molar-refractivity contribution in [1.82, 2.24) is 4.90 Å². The van der Waals surface area contributed by atoms with E-state index >= 15 is 0 Å². The predicted molar refractivity (Wildman–Crippen MR) is 166 cm³/mol. The fraction of sp³-hybridized carbons (Fsp3) is 0.514. The highest BCUT2D eigenvalue weighted by Gasteiger charge is 2.80. The molecule has 7 atom stereocenters. The number of carbonyl (C=O) groups excluding carboxylic acids is 3. The Morgan fingerprint density at radius 2 is 1.93 bits per heavy atom. The van der Waals surface area contributed by atoms with Crippen molar-refractivity contribution in [3.05, 3.63) is 67.8 Å². The van der Waals surface area contributed by atoms with Gasteiger partial charge < -0.3 is 24.4 Å². The summed E-state index contributed by atoms with van der Waals surface area (Å²) in [7, 11) is 0. The molecule has 5 rings (SSSR count). The Morgan fingerprint density at radius 1 is 1.19 bits per heavy atom. The van der Waals surface area contributed by atoms with Crippen molar-refractivity contribution in [3.63, 3.8) is 0 Å². The Morgan fingerprint density at radius 3 is 2.60 bits per heavy atom. The van der Waals surface area contributed by atoms with Gasteiger partial charge in [-0.1, -0.05) is 56.3 Å². The van der Waals surface area contributed by atoms with E-state index in [4.69, 9.17) is 9.47 Å². The first-order valence-corrected chi connectivity index (χ1v) is 15.5. The zero-order valence-electron chi connectivity index (χ0n) is 25.5. The minimum Gasteiger partial charge on any atom is -0.465 e. The number of likely N-dealkylation sites (tertiary alicyclic amines) is 1. The highest BCUT2D eigenvalue weighted by Crippen LogP contribution is 2.65. The maximum Gasteiger partial charge on any atom is 0.312 e. The van der Waals surface area contributed by atoms with Crippen LogP contribution in [0, 0.1) is 17.8 Å². The number of esters is 1. The van der Waals surface area contributed by atoms with E-state index < -0.39 is 41.1 Å². The maximum atomic E-state index is 14.8. The highest BCUT2D eigenvalue weighted by atomic mass is 16.6. The number of unbranched alkanes of at least 4 members (excludes halogenated alkanes) is 2. The number of fused-ring (bicyclic) bond motifs is 2. The second-order valence-electron chi connectivity index (χ2n) is 12.4. The van der Waals surface area contributed by atoms with Gasteiger partial charge in [-0.2, -0.15) is 0 Å². The van der Waals surface area contributed by atoms with Gasteiger partial charge in [0.1, 0.15) is 17.6 Å². The summed E-state index contributed by atoms with van der Waals surface area (Å²) < 4.78 is 12.6. The number of anilines is 1. The third kappa shape index (κ3) is 4.98.